The van der Waals surface area contributed by atoms with Gasteiger partial charge in [-0.25, -0.2) is 0 Å². The Morgan fingerprint density at radius 3 is 2.61 bits per heavy atom. The van der Waals surface area contributed by atoms with E-state index in [1.54, 1.807) is 0 Å². The Balaban J connectivity index is 2.35. The monoisotopic (exact) mass is 265 g/mol. The lowest BCUT2D eigenvalue weighted by Crippen LogP contribution is -2.24. The van der Waals surface area contributed by atoms with Crippen LogP contribution in [0.15, 0.2) is 30.3 Å². The van der Waals surface area contributed by atoms with E-state index in [-0.39, 0.29) is 0 Å². The van der Waals surface area contributed by atoms with Gasteiger partial charge in [-0.1, -0.05) is 44.2 Å². The Morgan fingerprint density at radius 1 is 1.17 bits per heavy atom. The molecule has 0 radical (unpaired) electrons. The lowest BCUT2D eigenvalue weighted by molar-refractivity contribution is 0.446. The van der Waals surface area contributed by atoms with Crippen LogP contribution in [-0.2, 0) is 6.42 Å². The van der Waals surface area contributed by atoms with Crippen molar-refractivity contribution in [2.75, 3.05) is 24.6 Å². The Kier molecular flexibility index (Phi) is 9.05. The molecule has 0 fully saturated rings. The average Bonchev–Trinajstić information content (AvgIpc) is 2.41. The van der Waals surface area contributed by atoms with E-state index in [4.69, 9.17) is 0 Å². The third kappa shape index (κ3) is 7.07. The smallest absolute Gasteiger partial charge is 0.00174 e. The van der Waals surface area contributed by atoms with Gasteiger partial charge in [0.05, 0.1) is 0 Å². The van der Waals surface area contributed by atoms with Crippen LogP contribution in [0.5, 0.6) is 0 Å². The fourth-order valence-corrected chi connectivity index (χ4v) is 2.85. The number of nitrogens with one attached hydrogen (secondary N) is 1. The summed E-state index contributed by atoms with van der Waals surface area (Å²) in [5, 5.41) is 3.50. The molecular weight excluding hydrogens is 238 g/mol. The third-order valence-electron chi connectivity index (χ3n) is 3.16. The summed E-state index contributed by atoms with van der Waals surface area (Å²) in [7, 11) is 0. The SMILES string of the molecule is CCNCC(CCCSCC)Cc1ccccc1. The number of hydrogen-bond acceptors (Lipinski definition) is 2. The van der Waals surface area contributed by atoms with Gasteiger partial charge < -0.3 is 5.32 Å². The molecule has 1 aromatic rings. The number of hydrogen-bond donors (Lipinski definition) is 1. The van der Waals surface area contributed by atoms with Gasteiger partial charge in [0, 0.05) is 0 Å². The van der Waals surface area contributed by atoms with Gasteiger partial charge in [-0.05, 0) is 55.3 Å². The van der Waals surface area contributed by atoms with Crippen molar-refractivity contribution in [2.24, 2.45) is 5.92 Å². The third-order valence-corrected chi connectivity index (χ3v) is 4.14. The Morgan fingerprint density at radius 2 is 1.94 bits per heavy atom. The molecule has 18 heavy (non-hydrogen) atoms. The van der Waals surface area contributed by atoms with Gasteiger partial charge in [-0.2, -0.15) is 11.8 Å². The number of benzene rings is 1. The first-order chi connectivity index (χ1) is 8.86. The zero-order chi connectivity index (χ0) is 13.1. The minimum atomic E-state index is 0.782. The molecule has 0 aliphatic heterocycles. The quantitative estimate of drug-likeness (QED) is 0.642. The van der Waals surface area contributed by atoms with E-state index in [0.717, 1.165) is 19.0 Å². The average molecular weight is 265 g/mol. The highest BCUT2D eigenvalue weighted by Crippen LogP contribution is 2.15. The summed E-state index contributed by atoms with van der Waals surface area (Å²) in [4.78, 5) is 0. The van der Waals surface area contributed by atoms with Crippen LogP contribution < -0.4 is 5.32 Å². The predicted octanol–water partition coefficient (Wildman–Crippen LogP) is 3.99. The first-order valence-corrected chi connectivity index (χ1v) is 8.34. The summed E-state index contributed by atoms with van der Waals surface area (Å²) >= 11 is 2.06. The highest BCUT2D eigenvalue weighted by Gasteiger charge is 2.08. The van der Waals surface area contributed by atoms with E-state index >= 15 is 0 Å². The van der Waals surface area contributed by atoms with Gasteiger partial charge in [-0.15, -0.1) is 0 Å². The summed E-state index contributed by atoms with van der Waals surface area (Å²) in [6.07, 6.45) is 3.90. The molecule has 0 aromatic heterocycles. The first kappa shape index (κ1) is 15.6. The van der Waals surface area contributed by atoms with Crippen LogP contribution in [-0.4, -0.2) is 24.6 Å². The summed E-state index contributed by atoms with van der Waals surface area (Å²) in [6, 6.07) is 10.9. The fourth-order valence-electron chi connectivity index (χ4n) is 2.19. The van der Waals surface area contributed by atoms with Gasteiger partial charge in [0.1, 0.15) is 0 Å². The van der Waals surface area contributed by atoms with Gasteiger partial charge in [0.15, 0.2) is 0 Å². The molecule has 1 unspecified atom stereocenters. The highest BCUT2D eigenvalue weighted by molar-refractivity contribution is 7.99. The summed E-state index contributed by atoms with van der Waals surface area (Å²) in [5.41, 5.74) is 1.48. The van der Waals surface area contributed by atoms with E-state index in [9.17, 15) is 0 Å². The van der Waals surface area contributed by atoms with Crippen molar-refractivity contribution in [1.82, 2.24) is 5.32 Å². The molecule has 0 saturated heterocycles. The van der Waals surface area contributed by atoms with Crippen LogP contribution in [0, 0.1) is 5.92 Å². The number of rotatable bonds is 10. The lowest BCUT2D eigenvalue weighted by Gasteiger charge is -2.17. The normalized spacial score (nSPS) is 12.6. The van der Waals surface area contributed by atoms with Crippen molar-refractivity contribution in [3.63, 3.8) is 0 Å². The Bertz CT molecular complexity index is 286. The molecule has 0 spiro atoms. The second-order valence-electron chi connectivity index (χ2n) is 4.70. The fraction of sp³-hybridized carbons (Fsp3) is 0.625. The van der Waals surface area contributed by atoms with E-state index in [2.05, 4.69) is 61.3 Å². The van der Waals surface area contributed by atoms with Gasteiger partial charge in [0.2, 0.25) is 0 Å². The van der Waals surface area contributed by atoms with Crippen LogP contribution in [0.1, 0.15) is 32.3 Å². The minimum absolute atomic E-state index is 0.782. The minimum Gasteiger partial charge on any atom is -0.317 e. The van der Waals surface area contributed by atoms with E-state index in [0.29, 0.717) is 0 Å². The zero-order valence-electron chi connectivity index (χ0n) is 11.8. The topological polar surface area (TPSA) is 12.0 Å². The van der Waals surface area contributed by atoms with Crippen molar-refractivity contribution in [3.8, 4) is 0 Å². The first-order valence-electron chi connectivity index (χ1n) is 7.19. The number of thioether (sulfide) groups is 1. The zero-order valence-corrected chi connectivity index (χ0v) is 12.6. The van der Waals surface area contributed by atoms with E-state index in [1.807, 2.05) is 0 Å². The molecule has 102 valence electrons. The highest BCUT2D eigenvalue weighted by atomic mass is 32.2. The standard InChI is InChI=1S/C16H27NS/c1-3-17-14-16(11-8-12-18-4-2)13-15-9-6-5-7-10-15/h5-7,9-10,16-17H,3-4,8,11-14H2,1-2H3. The molecule has 2 heteroatoms. The second-order valence-corrected chi connectivity index (χ2v) is 6.10. The van der Waals surface area contributed by atoms with Crippen molar-refractivity contribution in [1.29, 1.82) is 0 Å². The van der Waals surface area contributed by atoms with Crippen molar-refractivity contribution >= 4 is 11.8 Å². The molecule has 1 aromatic carbocycles. The molecule has 1 rings (SSSR count). The van der Waals surface area contributed by atoms with Crippen molar-refractivity contribution in [2.45, 2.75) is 33.1 Å². The van der Waals surface area contributed by atoms with Crippen LogP contribution in [0.4, 0.5) is 0 Å². The molecule has 0 aliphatic carbocycles. The Labute approximate surface area is 117 Å². The van der Waals surface area contributed by atoms with E-state index in [1.165, 1.54) is 36.3 Å². The van der Waals surface area contributed by atoms with E-state index < -0.39 is 0 Å². The van der Waals surface area contributed by atoms with Crippen LogP contribution in [0.3, 0.4) is 0 Å². The summed E-state index contributed by atoms with van der Waals surface area (Å²) in [5.74, 6) is 3.34. The molecule has 1 nitrogen and oxygen atoms in total. The maximum absolute atomic E-state index is 3.50. The predicted molar refractivity (Wildman–Crippen MR) is 84.4 cm³/mol. The van der Waals surface area contributed by atoms with Crippen molar-refractivity contribution < 1.29 is 0 Å². The second kappa shape index (κ2) is 10.5. The maximum atomic E-state index is 3.50. The molecular formula is C16H27NS. The van der Waals surface area contributed by atoms with Gasteiger partial charge in [-0.3, -0.25) is 0 Å². The van der Waals surface area contributed by atoms with Gasteiger partial charge in [0.25, 0.3) is 0 Å². The molecule has 1 atom stereocenters. The molecule has 0 saturated carbocycles. The molecule has 0 heterocycles. The van der Waals surface area contributed by atoms with Crippen molar-refractivity contribution in [3.05, 3.63) is 35.9 Å². The maximum Gasteiger partial charge on any atom is -0.00174 e. The van der Waals surface area contributed by atoms with Gasteiger partial charge >= 0.3 is 0 Å². The molecule has 1 N–H and O–H groups in total. The molecule has 0 amide bonds. The van der Waals surface area contributed by atoms with Crippen LogP contribution >= 0.6 is 11.8 Å². The largest absolute Gasteiger partial charge is 0.317 e. The van der Waals surface area contributed by atoms with Crippen LogP contribution in [0.2, 0.25) is 0 Å². The summed E-state index contributed by atoms with van der Waals surface area (Å²) < 4.78 is 0. The molecule has 0 bridgehead atoms. The Hall–Kier alpha value is -0.470. The summed E-state index contributed by atoms with van der Waals surface area (Å²) in [6.45, 7) is 6.66. The molecule has 0 aliphatic rings. The van der Waals surface area contributed by atoms with Crippen LogP contribution in [0.25, 0.3) is 0 Å². The lowest BCUT2D eigenvalue weighted by atomic mass is 9.95.